The summed E-state index contributed by atoms with van der Waals surface area (Å²) >= 11 is 0. The van der Waals surface area contributed by atoms with Gasteiger partial charge in [0.05, 0.1) is 11.2 Å². The standard InChI is InChI=1S/C32H56O2/c1-22(11-14-32(34)19-15-28(2,3)16-20-32)25-9-10-26-24-8-7-23-21-29(4,33)17-18-30(23,5)27(24)12-13-31(25,26)6/h22-27,33-34H,7-21H2,1-6H3/t22-,23+,24+,25-,26+,27+,29+,30+,31-/m1/s1. The van der Waals surface area contributed by atoms with Crippen molar-refractivity contribution in [3.05, 3.63) is 0 Å². The molecule has 0 unspecified atom stereocenters. The molecule has 0 spiro atoms. The van der Waals surface area contributed by atoms with Gasteiger partial charge in [0.2, 0.25) is 0 Å². The van der Waals surface area contributed by atoms with Gasteiger partial charge in [0.1, 0.15) is 0 Å². The Balaban J connectivity index is 1.24. The fraction of sp³-hybridized carbons (Fsp3) is 1.00. The van der Waals surface area contributed by atoms with Gasteiger partial charge in [-0.15, -0.1) is 0 Å². The molecule has 5 aliphatic carbocycles. The smallest absolute Gasteiger partial charge is 0.0648 e. The molecule has 5 saturated carbocycles. The zero-order chi connectivity index (χ0) is 24.6. The van der Waals surface area contributed by atoms with Crippen LogP contribution in [0.5, 0.6) is 0 Å². The van der Waals surface area contributed by atoms with Crippen molar-refractivity contribution in [3.8, 4) is 0 Å². The van der Waals surface area contributed by atoms with E-state index >= 15 is 0 Å². The van der Waals surface area contributed by atoms with Crippen LogP contribution in [0.4, 0.5) is 0 Å². The maximum Gasteiger partial charge on any atom is 0.0648 e. The fourth-order valence-electron chi connectivity index (χ4n) is 10.7. The summed E-state index contributed by atoms with van der Waals surface area (Å²) in [5.41, 5.74) is 0.587. The second kappa shape index (κ2) is 8.47. The Morgan fingerprint density at radius 1 is 0.706 bits per heavy atom. The molecule has 34 heavy (non-hydrogen) atoms. The molecule has 0 amide bonds. The minimum atomic E-state index is -0.424. The molecule has 0 aromatic carbocycles. The van der Waals surface area contributed by atoms with Gasteiger partial charge in [-0.25, -0.2) is 0 Å². The van der Waals surface area contributed by atoms with E-state index < -0.39 is 11.2 Å². The van der Waals surface area contributed by atoms with Crippen molar-refractivity contribution >= 4 is 0 Å². The number of rotatable bonds is 4. The van der Waals surface area contributed by atoms with Gasteiger partial charge in [-0.3, -0.25) is 0 Å². The second-order valence-corrected chi connectivity index (χ2v) is 16.0. The van der Waals surface area contributed by atoms with E-state index in [0.29, 0.717) is 16.2 Å². The van der Waals surface area contributed by atoms with Crippen molar-refractivity contribution in [2.24, 2.45) is 51.8 Å². The predicted octanol–water partition coefficient (Wildman–Crippen LogP) is 8.14. The van der Waals surface area contributed by atoms with Gasteiger partial charge in [0, 0.05) is 0 Å². The largest absolute Gasteiger partial charge is 0.390 e. The molecular weight excluding hydrogens is 416 g/mol. The predicted molar refractivity (Wildman–Crippen MR) is 141 cm³/mol. The Morgan fingerprint density at radius 2 is 1.38 bits per heavy atom. The zero-order valence-corrected chi connectivity index (χ0v) is 23.5. The van der Waals surface area contributed by atoms with E-state index in [2.05, 4.69) is 41.5 Å². The van der Waals surface area contributed by atoms with E-state index in [4.69, 9.17) is 0 Å². The van der Waals surface area contributed by atoms with Crippen LogP contribution >= 0.6 is 0 Å². The lowest BCUT2D eigenvalue weighted by atomic mass is 9.43. The first-order valence-corrected chi connectivity index (χ1v) is 15.2. The summed E-state index contributed by atoms with van der Waals surface area (Å²) in [6.45, 7) is 14.7. The van der Waals surface area contributed by atoms with E-state index in [9.17, 15) is 10.2 Å². The summed E-state index contributed by atoms with van der Waals surface area (Å²) < 4.78 is 0. The zero-order valence-electron chi connectivity index (χ0n) is 23.5. The molecule has 0 radical (unpaired) electrons. The Labute approximate surface area is 211 Å². The maximum atomic E-state index is 11.3. The Bertz CT molecular complexity index is 744. The summed E-state index contributed by atoms with van der Waals surface area (Å²) in [4.78, 5) is 0. The van der Waals surface area contributed by atoms with Crippen molar-refractivity contribution in [2.45, 2.75) is 149 Å². The average Bonchev–Trinajstić information content (AvgIpc) is 3.12. The van der Waals surface area contributed by atoms with Crippen LogP contribution in [0.25, 0.3) is 0 Å². The molecule has 0 saturated heterocycles. The lowest BCUT2D eigenvalue weighted by Crippen LogP contribution is -2.55. The van der Waals surface area contributed by atoms with E-state index in [1.165, 1.54) is 64.2 Å². The van der Waals surface area contributed by atoms with Crippen LogP contribution in [0.3, 0.4) is 0 Å². The van der Waals surface area contributed by atoms with Crippen LogP contribution < -0.4 is 0 Å². The molecule has 0 heterocycles. The summed E-state index contributed by atoms with van der Waals surface area (Å²) in [6, 6.07) is 0. The summed E-state index contributed by atoms with van der Waals surface area (Å²) in [6.07, 6.45) is 18.4. The maximum absolute atomic E-state index is 11.3. The van der Waals surface area contributed by atoms with E-state index in [1.807, 2.05) is 0 Å². The van der Waals surface area contributed by atoms with Gasteiger partial charge in [-0.2, -0.15) is 0 Å². The summed E-state index contributed by atoms with van der Waals surface area (Å²) in [5.74, 6) is 5.05. The molecule has 9 atom stereocenters. The van der Waals surface area contributed by atoms with Crippen LogP contribution in [-0.2, 0) is 0 Å². The van der Waals surface area contributed by atoms with Crippen LogP contribution in [0.15, 0.2) is 0 Å². The minimum absolute atomic E-state index is 0.393. The van der Waals surface area contributed by atoms with Crippen molar-refractivity contribution in [1.82, 2.24) is 0 Å². The third-order valence-corrected chi connectivity index (χ3v) is 13.3. The van der Waals surface area contributed by atoms with Crippen LogP contribution in [0.1, 0.15) is 138 Å². The summed E-state index contributed by atoms with van der Waals surface area (Å²) in [5, 5.41) is 22.1. The van der Waals surface area contributed by atoms with Crippen molar-refractivity contribution in [3.63, 3.8) is 0 Å². The van der Waals surface area contributed by atoms with Crippen LogP contribution in [0, 0.1) is 51.8 Å². The highest BCUT2D eigenvalue weighted by molar-refractivity contribution is 5.10. The first-order valence-electron chi connectivity index (χ1n) is 15.2. The lowest BCUT2D eigenvalue weighted by Gasteiger charge is -2.62. The third-order valence-electron chi connectivity index (χ3n) is 13.3. The van der Waals surface area contributed by atoms with Gasteiger partial charge < -0.3 is 10.2 Å². The van der Waals surface area contributed by atoms with Gasteiger partial charge in [0.15, 0.2) is 0 Å². The van der Waals surface area contributed by atoms with Crippen LogP contribution in [0.2, 0.25) is 0 Å². The van der Waals surface area contributed by atoms with Crippen molar-refractivity contribution in [1.29, 1.82) is 0 Å². The lowest BCUT2D eigenvalue weighted by molar-refractivity contribution is -0.148. The topological polar surface area (TPSA) is 40.5 Å². The van der Waals surface area contributed by atoms with E-state index in [0.717, 1.165) is 67.6 Å². The van der Waals surface area contributed by atoms with Crippen molar-refractivity contribution < 1.29 is 10.2 Å². The molecule has 196 valence electrons. The molecule has 2 N–H and O–H groups in total. The Kier molecular flexibility index (Phi) is 6.37. The highest BCUT2D eigenvalue weighted by Crippen LogP contribution is 2.69. The monoisotopic (exact) mass is 472 g/mol. The molecule has 0 aromatic heterocycles. The summed E-state index contributed by atoms with van der Waals surface area (Å²) in [7, 11) is 0. The third kappa shape index (κ3) is 4.33. The minimum Gasteiger partial charge on any atom is -0.390 e. The molecule has 2 heteroatoms. The molecular formula is C32H56O2. The van der Waals surface area contributed by atoms with Gasteiger partial charge in [-0.1, -0.05) is 34.6 Å². The fourth-order valence-corrected chi connectivity index (χ4v) is 10.7. The average molecular weight is 473 g/mol. The highest BCUT2D eigenvalue weighted by Gasteiger charge is 2.61. The molecule has 0 aromatic rings. The van der Waals surface area contributed by atoms with Crippen molar-refractivity contribution in [2.75, 3.05) is 0 Å². The molecule has 5 aliphatic rings. The number of hydrogen-bond donors (Lipinski definition) is 2. The number of hydrogen-bond acceptors (Lipinski definition) is 2. The first-order chi connectivity index (χ1) is 15.8. The molecule has 5 rings (SSSR count). The van der Waals surface area contributed by atoms with E-state index in [1.54, 1.807) is 0 Å². The highest BCUT2D eigenvalue weighted by atomic mass is 16.3. The SMILES string of the molecule is C[C@H](CCC1(O)CCC(C)(C)CC1)[C@H]1CC[C@H]2[C@@H]3CC[C@H]4C[C@@](C)(O)CC[C@]4(C)[C@H]3CC[C@]12C. The number of fused-ring (bicyclic) bond motifs is 5. The molecule has 0 aliphatic heterocycles. The Hall–Kier alpha value is -0.0800. The molecule has 0 bridgehead atoms. The van der Waals surface area contributed by atoms with Gasteiger partial charge in [0.25, 0.3) is 0 Å². The molecule has 2 nitrogen and oxygen atoms in total. The molecule has 5 fully saturated rings. The van der Waals surface area contributed by atoms with Gasteiger partial charge >= 0.3 is 0 Å². The normalized spacial score (nSPS) is 50.6. The number of aliphatic hydroxyl groups is 2. The second-order valence-electron chi connectivity index (χ2n) is 16.0. The van der Waals surface area contributed by atoms with Crippen LogP contribution in [-0.4, -0.2) is 21.4 Å². The Morgan fingerprint density at radius 3 is 2.09 bits per heavy atom. The quantitative estimate of drug-likeness (QED) is 0.433. The van der Waals surface area contributed by atoms with E-state index in [-0.39, 0.29) is 0 Å². The van der Waals surface area contributed by atoms with Gasteiger partial charge in [-0.05, 0) is 155 Å². The first kappa shape index (κ1) is 25.6.